The van der Waals surface area contributed by atoms with Crippen LogP contribution in [0.25, 0.3) is 0 Å². The standard InChI is InChI=1S/C38H50O4/c39-33-22-20-31(21-23-33)35-26-29-14-9-17-32(25-29)38(24-10-18-34(40)27-38)36(37(41)42)19-8-7-16-30(35)15-4-2-1-3-11-28-12-5-6-13-28/h5,7-9,12,14,17,20-23,25,28,30,34-36,39-40H,1-4,6,10-11,13,15-16,18-19,24,26-27H2,(H,41,42)/b8-7+/t28-,30-,34-,35-,36+,38-/m1/s1. The number of allylic oxidation sites excluding steroid dienone is 4. The first-order valence-electron chi connectivity index (χ1n) is 16.6. The lowest BCUT2D eigenvalue weighted by Gasteiger charge is -2.44. The summed E-state index contributed by atoms with van der Waals surface area (Å²) in [5, 5.41) is 31.2. The number of aliphatic hydroxyl groups excluding tert-OH is 1. The smallest absolute Gasteiger partial charge is 0.307 e. The van der Waals surface area contributed by atoms with Gasteiger partial charge in [0.2, 0.25) is 0 Å². The first-order chi connectivity index (χ1) is 20.4. The number of carbonyl (C=O) groups is 1. The fourth-order valence-corrected chi connectivity index (χ4v) is 8.25. The molecule has 6 atom stereocenters. The molecule has 0 unspecified atom stereocenters. The molecule has 1 fully saturated rings. The van der Waals surface area contributed by atoms with Crippen LogP contribution in [0.3, 0.4) is 0 Å². The van der Waals surface area contributed by atoms with E-state index in [0.717, 1.165) is 50.0 Å². The zero-order chi connectivity index (χ0) is 29.4. The monoisotopic (exact) mass is 570 g/mol. The number of carboxylic acid groups (broad SMARTS) is 1. The SMILES string of the molecule is O=C(O)[C@@H]1C/C=C/C[C@@H](CCCCCC[C@@H]2C=CCC2)[C@H](c2ccc(O)cc2)Cc2cccc(c2)[C@]12CCC[C@@H](O)C2. The van der Waals surface area contributed by atoms with Gasteiger partial charge in [0.05, 0.1) is 12.0 Å². The number of phenols is 1. The number of unbranched alkanes of at least 4 members (excludes halogenated alkanes) is 3. The van der Waals surface area contributed by atoms with Crippen LogP contribution in [0, 0.1) is 17.8 Å². The number of benzene rings is 2. The van der Waals surface area contributed by atoms with Crippen molar-refractivity contribution < 1.29 is 20.1 Å². The number of fused-ring (bicyclic) bond motifs is 3. The highest BCUT2D eigenvalue weighted by atomic mass is 16.4. The Labute approximate surface area is 252 Å². The molecule has 3 N–H and O–H groups in total. The normalized spacial score (nSPS) is 30.5. The van der Waals surface area contributed by atoms with Crippen molar-refractivity contribution in [3.63, 3.8) is 0 Å². The summed E-state index contributed by atoms with van der Waals surface area (Å²) in [7, 11) is 0. The van der Waals surface area contributed by atoms with Crippen LogP contribution in [0.4, 0.5) is 0 Å². The highest BCUT2D eigenvalue weighted by molar-refractivity contribution is 5.73. The van der Waals surface area contributed by atoms with E-state index in [0.29, 0.717) is 30.4 Å². The van der Waals surface area contributed by atoms with Gasteiger partial charge in [-0.2, -0.15) is 0 Å². The topological polar surface area (TPSA) is 77.8 Å². The maximum Gasteiger partial charge on any atom is 0.307 e. The van der Waals surface area contributed by atoms with Gasteiger partial charge in [0.15, 0.2) is 0 Å². The molecule has 1 saturated carbocycles. The van der Waals surface area contributed by atoms with Crippen molar-refractivity contribution >= 4 is 5.97 Å². The second-order valence-corrected chi connectivity index (χ2v) is 13.4. The highest BCUT2D eigenvalue weighted by Gasteiger charge is 2.47. The van der Waals surface area contributed by atoms with E-state index in [-0.39, 0.29) is 0 Å². The third-order valence-corrected chi connectivity index (χ3v) is 10.6. The number of rotatable bonds is 9. The summed E-state index contributed by atoms with van der Waals surface area (Å²) in [6, 6.07) is 16.4. The van der Waals surface area contributed by atoms with E-state index in [1.165, 1.54) is 56.1 Å². The predicted octanol–water partition coefficient (Wildman–Crippen LogP) is 8.87. The molecule has 42 heavy (non-hydrogen) atoms. The van der Waals surface area contributed by atoms with E-state index >= 15 is 0 Å². The molecule has 3 aliphatic carbocycles. The molecule has 0 heterocycles. The first-order valence-corrected chi connectivity index (χ1v) is 16.6. The predicted molar refractivity (Wildman–Crippen MR) is 170 cm³/mol. The lowest BCUT2D eigenvalue weighted by Crippen LogP contribution is -2.45. The first kappa shape index (κ1) is 30.6. The van der Waals surface area contributed by atoms with Gasteiger partial charge >= 0.3 is 5.97 Å². The van der Waals surface area contributed by atoms with E-state index in [1.54, 1.807) is 0 Å². The van der Waals surface area contributed by atoms with Crippen LogP contribution in [-0.4, -0.2) is 27.4 Å². The Kier molecular flexibility index (Phi) is 10.6. The molecule has 1 spiro atoms. The average molecular weight is 571 g/mol. The molecule has 0 amide bonds. The third-order valence-electron chi connectivity index (χ3n) is 10.6. The van der Waals surface area contributed by atoms with Gasteiger partial charge in [0.1, 0.15) is 5.75 Å². The Morgan fingerprint density at radius 1 is 0.905 bits per heavy atom. The van der Waals surface area contributed by atoms with Gasteiger partial charge in [-0.25, -0.2) is 0 Å². The maximum atomic E-state index is 12.7. The van der Waals surface area contributed by atoms with Gasteiger partial charge in [0, 0.05) is 5.41 Å². The van der Waals surface area contributed by atoms with Crippen molar-refractivity contribution in [2.24, 2.45) is 17.8 Å². The fourth-order valence-electron chi connectivity index (χ4n) is 8.25. The Balaban J connectivity index is 1.40. The molecule has 5 rings (SSSR count). The zero-order valence-corrected chi connectivity index (χ0v) is 25.2. The molecule has 0 aliphatic heterocycles. The number of carboxylic acids is 1. The summed E-state index contributed by atoms with van der Waals surface area (Å²) < 4.78 is 0. The number of aromatic hydroxyl groups is 1. The molecule has 4 heteroatoms. The van der Waals surface area contributed by atoms with E-state index in [2.05, 4.69) is 60.7 Å². The molecule has 226 valence electrons. The van der Waals surface area contributed by atoms with E-state index in [4.69, 9.17) is 0 Å². The highest BCUT2D eigenvalue weighted by Crippen LogP contribution is 2.48. The minimum absolute atomic E-state index is 0.292. The van der Waals surface area contributed by atoms with Crippen LogP contribution in [0.5, 0.6) is 5.75 Å². The van der Waals surface area contributed by atoms with Crippen LogP contribution in [0.1, 0.15) is 112 Å². The lowest BCUT2D eigenvalue weighted by molar-refractivity contribution is -0.145. The number of aliphatic hydroxyl groups is 1. The molecule has 2 bridgehead atoms. The minimum atomic E-state index is -0.761. The van der Waals surface area contributed by atoms with Gasteiger partial charge < -0.3 is 15.3 Å². The number of hydrogen-bond donors (Lipinski definition) is 3. The van der Waals surface area contributed by atoms with Gasteiger partial charge in [-0.3, -0.25) is 4.79 Å². The second kappa shape index (κ2) is 14.6. The Bertz CT molecular complexity index is 1210. The summed E-state index contributed by atoms with van der Waals surface area (Å²) in [6.07, 6.45) is 23.8. The van der Waals surface area contributed by atoms with Crippen LogP contribution in [-0.2, 0) is 16.6 Å². The second-order valence-electron chi connectivity index (χ2n) is 13.4. The summed E-state index contributed by atoms with van der Waals surface area (Å²) in [6.45, 7) is 0. The van der Waals surface area contributed by atoms with Crippen molar-refractivity contribution in [3.05, 3.63) is 89.5 Å². The minimum Gasteiger partial charge on any atom is -0.508 e. The largest absolute Gasteiger partial charge is 0.508 e. The molecule has 2 aromatic rings. The summed E-state index contributed by atoms with van der Waals surface area (Å²) in [5.74, 6) is 0.501. The van der Waals surface area contributed by atoms with E-state index in [1.807, 2.05) is 12.1 Å². The molecule has 3 aliphatic rings. The zero-order valence-electron chi connectivity index (χ0n) is 25.2. The maximum absolute atomic E-state index is 12.7. The molecule has 0 saturated heterocycles. The van der Waals surface area contributed by atoms with Crippen molar-refractivity contribution in [2.45, 2.75) is 114 Å². The van der Waals surface area contributed by atoms with Gasteiger partial charge in [-0.1, -0.05) is 86.4 Å². The van der Waals surface area contributed by atoms with Gasteiger partial charge in [-0.05, 0) is 117 Å². The van der Waals surface area contributed by atoms with Crippen LogP contribution >= 0.6 is 0 Å². The number of hydrogen-bond acceptors (Lipinski definition) is 3. The molecule has 2 aromatic carbocycles. The molecule has 0 aromatic heterocycles. The fraction of sp³-hybridized carbons (Fsp3) is 0.553. The summed E-state index contributed by atoms with van der Waals surface area (Å²) >= 11 is 0. The number of aliphatic carboxylic acids is 1. The Morgan fingerprint density at radius 2 is 1.69 bits per heavy atom. The van der Waals surface area contributed by atoms with Crippen molar-refractivity contribution in [2.75, 3.05) is 0 Å². The van der Waals surface area contributed by atoms with E-state index < -0.39 is 23.4 Å². The molecule has 0 radical (unpaired) electrons. The van der Waals surface area contributed by atoms with Crippen molar-refractivity contribution in [3.8, 4) is 5.75 Å². The molecular weight excluding hydrogens is 520 g/mol. The molecule has 4 nitrogen and oxygen atoms in total. The van der Waals surface area contributed by atoms with Crippen molar-refractivity contribution in [1.82, 2.24) is 0 Å². The Hall–Kier alpha value is -2.85. The van der Waals surface area contributed by atoms with Crippen LogP contribution in [0.2, 0.25) is 0 Å². The quantitative estimate of drug-likeness (QED) is 0.208. The van der Waals surface area contributed by atoms with E-state index in [9.17, 15) is 20.1 Å². The van der Waals surface area contributed by atoms with Gasteiger partial charge in [-0.15, -0.1) is 0 Å². The number of phenolic OH excluding ortho intramolecular Hbond substituents is 1. The average Bonchev–Trinajstić information content (AvgIpc) is 3.50. The molecular formula is C38H50O4. The summed E-state index contributed by atoms with van der Waals surface area (Å²) in [5.41, 5.74) is 2.99. The Morgan fingerprint density at radius 3 is 2.43 bits per heavy atom. The van der Waals surface area contributed by atoms with Crippen LogP contribution in [0.15, 0.2) is 72.8 Å². The van der Waals surface area contributed by atoms with Crippen LogP contribution < -0.4 is 0 Å². The third kappa shape index (κ3) is 7.56. The van der Waals surface area contributed by atoms with Crippen molar-refractivity contribution in [1.29, 1.82) is 0 Å². The lowest BCUT2D eigenvalue weighted by atomic mass is 9.60. The van der Waals surface area contributed by atoms with Gasteiger partial charge in [0.25, 0.3) is 0 Å². The summed E-state index contributed by atoms with van der Waals surface area (Å²) in [4.78, 5) is 12.7.